The van der Waals surface area contributed by atoms with Crippen LogP contribution in [0.15, 0.2) is 35.6 Å². The third-order valence-corrected chi connectivity index (χ3v) is 6.51. The number of ether oxygens (including phenoxy) is 1. The summed E-state index contributed by atoms with van der Waals surface area (Å²) in [6.45, 7) is -1.06. The molecule has 3 N–H and O–H groups in total. The summed E-state index contributed by atoms with van der Waals surface area (Å²) in [4.78, 5) is 24.8. The van der Waals surface area contributed by atoms with Crippen LogP contribution in [0.5, 0.6) is 5.88 Å². The number of nitrogens with two attached hydrogens (primary N) is 1. The Balaban J connectivity index is 1.62. The molecule has 1 aliphatic carbocycles. The van der Waals surface area contributed by atoms with Gasteiger partial charge in [0.15, 0.2) is 5.17 Å². The van der Waals surface area contributed by atoms with E-state index in [-0.39, 0.29) is 35.9 Å². The van der Waals surface area contributed by atoms with E-state index >= 15 is 0 Å². The molecule has 1 aliphatic heterocycles. The van der Waals surface area contributed by atoms with Crippen LogP contribution in [-0.4, -0.2) is 39.8 Å². The van der Waals surface area contributed by atoms with Gasteiger partial charge in [0.2, 0.25) is 12.7 Å². The lowest BCUT2D eigenvalue weighted by Crippen LogP contribution is -2.45. The Kier molecular flexibility index (Phi) is 6.03. The number of hydrogen-bond acceptors (Lipinski definition) is 7. The molecule has 0 saturated heterocycles. The van der Waals surface area contributed by atoms with Gasteiger partial charge in [-0.1, -0.05) is 11.8 Å². The largest absolute Gasteiger partial charge is 0.445 e. The monoisotopic (exact) mass is 451 g/mol. The summed E-state index contributed by atoms with van der Waals surface area (Å²) in [5, 5.41) is 2.99. The third kappa shape index (κ3) is 4.32. The summed E-state index contributed by atoms with van der Waals surface area (Å²) in [6.07, 6.45) is 2.18. The lowest BCUT2D eigenvalue weighted by Gasteiger charge is -2.45. The average molecular weight is 451 g/mol. The van der Waals surface area contributed by atoms with E-state index < -0.39 is 30.3 Å². The number of benzene rings is 1. The summed E-state index contributed by atoms with van der Waals surface area (Å²) < 4.78 is 45.7. The molecule has 31 heavy (non-hydrogen) atoms. The van der Waals surface area contributed by atoms with Gasteiger partial charge >= 0.3 is 0 Å². The van der Waals surface area contributed by atoms with Crippen molar-refractivity contribution in [1.29, 1.82) is 0 Å². The fraction of sp³-hybridized carbons (Fsp3) is 0.400. The molecule has 1 aromatic heterocycles. The number of thioether (sulfide) groups is 1. The van der Waals surface area contributed by atoms with Gasteiger partial charge in [-0.2, -0.15) is 0 Å². The van der Waals surface area contributed by atoms with Crippen LogP contribution in [-0.2, 0) is 5.54 Å². The highest BCUT2D eigenvalue weighted by Crippen LogP contribution is 2.50. The van der Waals surface area contributed by atoms with Crippen LogP contribution in [0.4, 0.5) is 18.9 Å². The number of amidine groups is 1. The summed E-state index contributed by atoms with van der Waals surface area (Å²) >= 11 is 1.34. The highest BCUT2D eigenvalue weighted by Gasteiger charge is 2.48. The Morgan fingerprint density at radius 2 is 2.19 bits per heavy atom. The van der Waals surface area contributed by atoms with Crippen molar-refractivity contribution in [2.24, 2.45) is 16.6 Å². The van der Waals surface area contributed by atoms with Gasteiger partial charge < -0.3 is 15.8 Å². The highest BCUT2D eigenvalue weighted by atomic mass is 32.2. The molecule has 1 fully saturated rings. The van der Waals surface area contributed by atoms with Crippen molar-refractivity contribution in [2.45, 2.75) is 31.0 Å². The lowest BCUT2D eigenvalue weighted by molar-refractivity contribution is 0.102. The van der Waals surface area contributed by atoms with E-state index in [0.717, 1.165) is 12.4 Å². The maximum Gasteiger partial charge on any atom is 0.275 e. The first-order valence-corrected chi connectivity index (χ1v) is 10.6. The number of aliphatic imine (C=N–C) groups is 1. The highest BCUT2D eigenvalue weighted by molar-refractivity contribution is 8.13. The molecule has 2 unspecified atom stereocenters. The van der Waals surface area contributed by atoms with Crippen LogP contribution in [0.2, 0.25) is 0 Å². The molecule has 1 saturated carbocycles. The number of alkyl halides is 2. The first kappa shape index (κ1) is 21.4. The van der Waals surface area contributed by atoms with Crippen molar-refractivity contribution in [1.82, 2.24) is 9.97 Å². The van der Waals surface area contributed by atoms with Gasteiger partial charge in [0.1, 0.15) is 17.7 Å². The molecule has 2 aliphatic rings. The van der Waals surface area contributed by atoms with Gasteiger partial charge in [-0.25, -0.2) is 23.1 Å². The predicted octanol–water partition coefficient (Wildman–Crippen LogP) is 3.57. The van der Waals surface area contributed by atoms with E-state index in [1.54, 1.807) is 0 Å². The second kappa shape index (κ2) is 8.74. The molecule has 4 rings (SSSR count). The number of hydrogen-bond donors (Lipinski definition) is 2. The molecule has 0 bridgehead atoms. The number of nitrogens with one attached hydrogen (secondary N) is 1. The third-order valence-electron chi connectivity index (χ3n) is 5.55. The number of halogens is 3. The van der Waals surface area contributed by atoms with Crippen molar-refractivity contribution in [3.8, 4) is 5.88 Å². The SMILES string of the molecule is NC1=N[C@@]2(c3cc(NC(=O)c4cnc(OCF)cn4)ccc3F)CCC(F)CC2CS1. The molecule has 2 aromatic rings. The van der Waals surface area contributed by atoms with E-state index in [1.165, 1.54) is 30.0 Å². The molecule has 2 heterocycles. The zero-order valence-electron chi connectivity index (χ0n) is 16.4. The zero-order valence-corrected chi connectivity index (χ0v) is 17.2. The predicted molar refractivity (Wildman–Crippen MR) is 111 cm³/mol. The van der Waals surface area contributed by atoms with Gasteiger partial charge in [0.05, 0.1) is 17.9 Å². The number of carbonyl (C=O) groups is 1. The Hall–Kier alpha value is -2.82. The molecular weight excluding hydrogens is 431 g/mol. The summed E-state index contributed by atoms with van der Waals surface area (Å²) in [6, 6.07) is 4.18. The smallest absolute Gasteiger partial charge is 0.275 e. The molecule has 1 aromatic carbocycles. The average Bonchev–Trinajstić information content (AvgIpc) is 2.76. The van der Waals surface area contributed by atoms with Gasteiger partial charge in [-0.3, -0.25) is 9.79 Å². The number of nitrogens with zero attached hydrogens (tertiary/aromatic N) is 3. The first-order chi connectivity index (χ1) is 14.9. The van der Waals surface area contributed by atoms with Crippen LogP contribution >= 0.6 is 11.8 Å². The van der Waals surface area contributed by atoms with Crippen LogP contribution in [0, 0.1) is 11.7 Å². The Morgan fingerprint density at radius 3 is 2.94 bits per heavy atom. The number of anilines is 1. The fourth-order valence-corrected chi connectivity index (χ4v) is 5.09. The van der Waals surface area contributed by atoms with Crippen molar-refractivity contribution < 1.29 is 22.7 Å². The van der Waals surface area contributed by atoms with Gasteiger partial charge in [-0.05, 0) is 37.5 Å². The zero-order chi connectivity index (χ0) is 22.0. The standard InChI is InChI=1S/C20H20F3N5O2S/c21-10-30-17-8-25-16(7-26-17)18(29)27-13-1-2-15(23)14(6-13)20-4-3-12(22)5-11(20)9-31-19(24)28-20/h1-2,6-8,11-12H,3-5,9-10H2,(H2,24,28)(H,27,29)/t11?,12?,20-/m0/s1. The number of carbonyl (C=O) groups excluding carboxylic acids is 1. The van der Waals surface area contributed by atoms with Gasteiger partial charge in [-0.15, -0.1) is 0 Å². The molecule has 1 amide bonds. The van der Waals surface area contributed by atoms with Crippen LogP contribution < -0.4 is 15.8 Å². The molecular formula is C20H20F3N5O2S. The second-order valence-corrected chi connectivity index (χ2v) is 8.44. The van der Waals surface area contributed by atoms with Crippen molar-refractivity contribution in [3.63, 3.8) is 0 Å². The van der Waals surface area contributed by atoms with E-state index in [0.29, 0.717) is 23.0 Å². The first-order valence-electron chi connectivity index (χ1n) is 9.65. The maximum absolute atomic E-state index is 14.9. The number of amides is 1. The number of aromatic nitrogens is 2. The molecule has 0 spiro atoms. The fourth-order valence-electron chi connectivity index (χ4n) is 4.08. The van der Waals surface area contributed by atoms with Gasteiger partial charge in [0, 0.05) is 22.9 Å². The van der Waals surface area contributed by atoms with Crippen molar-refractivity contribution in [2.75, 3.05) is 17.9 Å². The van der Waals surface area contributed by atoms with E-state index in [1.807, 2.05) is 0 Å². The lowest BCUT2D eigenvalue weighted by atomic mass is 9.69. The molecule has 7 nitrogen and oxygen atoms in total. The molecule has 11 heteroatoms. The number of fused-ring (bicyclic) bond motifs is 1. The van der Waals surface area contributed by atoms with Gasteiger partial charge in [0.25, 0.3) is 5.91 Å². The normalized spacial score (nSPS) is 25.3. The second-order valence-electron chi connectivity index (χ2n) is 7.40. The summed E-state index contributed by atoms with van der Waals surface area (Å²) in [5.74, 6) is -0.781. The molecule has 164 valence electrons. The van der Waals surface area contributed by atoms with Crippen molar-refractivity contribution >= 4 is 28.5 Å². The van der Waals surface area contributed by atoms with E-state index in [4.69, 9.17) is 5.73 Å². The number of rotatable bonds is 5. The molecule has 0 radical (unpaired) electrons. The molecule has 3 atom stereocenters. The Labute approximate surface area is 180 Å². The minimum absolute atomic E-state index is 0.0256. The van der Waals surface area contributed by atoms with Crippen LogP contribution in [0.3, 0.4) is 0 Å². The van der Waals surface area contributed by atoms with Crippen LogP contribution in [0.1, 0.15) is 35.3 Å². The minimum atomic E-state index is -1.06. The van der Waals surface area contributed by atoms with Crippen LogP contribution in [0.25, 0.3) is 0 Å². The van der Waals surface area contributed by atoms with Crippen molar-refractivity contribution in [3.05, 3.63) is 47.7 Å². The summed E-state index contributed by atoms with van der Waals surface area (Å²) in [5.41, 5.74) is 5.57. The van der Waals surface area contributed by atoms with E-state index in [2.05, 4.69) is 25.0 Å². The topological polar surface area (TPSA) is 102 Å². The Morgan fingerprint density at radius 1 is 1.35 bits per heavy atom. The summed E-state index contributed by atoms with van der Waals surface area (Å²) in [7, 11) is 0. The van der Waals surface area contributed by atoms with E-state index in [9.17, 15) is 18.0 Å². The minimum Gasteiger partial charge on any atom is -0.445 e. The Bertz CT molecular complexity index is 1010. The maximum atomic E-state index is 14.9. The quantitative estimate of drug-likeness (QED) is 0.721.